The molecule has 1 unspecified atom stereocenters. The first-order chi connectivity index (χ1) is 5.54. The molecule has 0 aliphatic heterocycles. The van der Waals surface area contributed by atoms with Gasteiger partial charge in [-0.25, -0.2) is 8.42 Å². The quantitative estimate of drug-likeness (QED) is 0.326. The zero-order valence-corrected chi connectivity index (χ0v) is 10.9. The van der Waals surface area contributed by atoms with Crippen molar-refractivity contribution < 1.29 is 47.1 Å². The molecule has 1 atom stereocenters. The monoisotopic (exact) mass is 228 g/mol. The Morgan fingerprint density at radius 1 is 1.38 bits per heavy atom. The normalized spacial score (nSPS) is 10.3. The Labute approximate surface area is 101 Å². The summed E-state index contributed by atoms with van der Waals surface area (Å²) in [6.45, 7) is 0. The fourth-order valence-corrected chi connectivity index (χ4v) is 1.36. The smallest absolute Gasteiger partial charge is 0.744 e. The van der Waals surface area contributed by atoms with E-state index in [0.717, 1.165) is 6.07 Å². The summed E-state index contributed by atoms with van der Waals surface area (Å²) in [6.07, 6.45) is 0. The number of hydrogen-bond donors (Lipinski definition) is 0. The van der Waals surface area contributed by atoms with Crippen LogP contribution in [0, 0.1) is 0 Å². The first kappa shape index (κ1) is 13.4. The van der Waals surface area contributed by atoms with Crippen molar-refractivity contribution in [3.05, 3.63) is 24.3 Å². The molecule has 0 aliphatic rings. The van der Waals surface area contributed by atoms with Crippen LogP contribution in [0.2, 0.25) is 0 Å². The van der Waals surface area contributed by atoms with E-state index in [9.17, 15) is 13.0 Å². The average Bonchev–Trinajstić information content (AvgIpc) is 2.03. The maximum atomic E-state index is 10.5. The zero-order chi connectivity index (χ0) is 9.19. The van der Waals surface area contributed by atoms with Crippen molar-refractivity contribution in [1.29, 1.82) is 0 Å². The van der Waals surface area contributed by atoms with Crippen molar-refractivity contribution in [1.82, 2.24) is 0 Å². The van der Waals surface area contributed by atoms with Crippen LogP contribution in [0.1, 0.15) is 0 Å². The zero-order valence-electron chi connectivity index (χ0n) is 6.93. The number of rotatable bonds is 2. The van der Waals surface area contributed by atoms with Gasteiger partial charge in [0, 0.05) is 0 Å². The van der Waals surface area contributed by atoms with Crippen molar-refractivity contribution in [2.45, 2.75) is 4.90 Å². The first-order valence-corrected chi connectivity index (χ1v) is 4.84. The van der Waals surface area contributed by atoms with E-state index in [4.69, 9.17) is 0 Å². The van der Waals surface area contributed by atoms with Crippen molar-refractivity contribution in [3.8, 4) is 5.75 Å². The van der Waals surface area contributed by atoms with E-state index < -0.39 is 10.1 Å². The SMILES string of the molecule is O=S(=O)([O-])c1cccc(OP)c1.[Na+]. The Balaban J connectivity index is 0.00000144. The van der Waals surface area contributed by atoms with Crippen molar-refractivity contribution in [2.75, 3.05) is 0 Å². The molecular weight excluding hydrogens is 222 g/mol. The number of hydrogen-bond acceptors (Lipinski definition) is 4. The summed E-state index contributed by atoms with van der Waals surface area (Å²) in [5, 5.41) is 0. The Bertz CT molecular complexity index is 378. The predicted octanol–water partition coefficient (Wildman–Crippen LogP) is -2.24. The molecule has 0 saturated carbocycles. The van der Waals surface area contributed by atoms with Gasteiger partial charge in [-0.1, -0.05) is 6.07 Å². The molecular formula is C6H6NaO4PS. The summed E-state index contributed by atoms with van der Waals surface area (Å²) in [5.41, 5.74) is 0. The molecule has 1 aromatic rings. The molecule has 0 radical (unpaired) electrons. The van der Waals surface area contributed by atoms with Crippen molar-refractivity contribution >= 4 is 19.6 Å². The minimum absolute atomic E-state index is 0. The third-order valence-electron chi connectivity index (χ3n) is 1.23. The van der Waals surface area contributed by atoms with Crippen molar-refractivity contribution in [2.24, 2.45) is 0 Å². The molecule has 0 aliphatic carbocycles. The average molecular weight is 228 g/mol. The van der Waals surface area contributed by atoms with Gasteiger partial charge in [-0.3, -0.25) is 0 Å². The molecule has 0 saturated heterocycles. The molecule has 0 amide bonds. The standard InChI is InChI=1S/C6H7O4PS.Na/c7-12(8,9)6-3-1-2-5(4-6)10-11;/h1-4H,11H2,(H,7,8,9);/q;+1/p-1. The predicted molar refractivity (Wildman–Crippen MR) is 44.7 cm³/mol. The largest absolute Gasteiger partial charge is 1.00 e. The first-order valence-electron chi connectivity index (χ1n) is 2.97. The molecule has 7 heteroatoms. The van der Waals surface area contributed by atoms with Crippen LogP contribution in [-0.2, 0) is 10.1 Å². The van der Waals surface area contributed by atoms with Gasteiger partial charge in [-0.15, -0.1) is 0 Å². The summed E-state index contributed by atoms with van der Waals surface area (Å²) in [4.78, 5) is -0.289. The fraction of sp³-hybridized carbons (Fsp3) is 0. The van der Waals surface area contributed by atoms with Crippen LogP contribution in [-0.4, -0.2) is 13.0 Å². The minimum atomic E-state index is -4.37. The molecule has 0 N–H and O–H groups in total. The third kappa shape index (κ3) is 3.94. The Hall–Kier alpha value is 0.360. The molecule has 0 aromatic heterocycles. The molecule has 1 aromatic carbocycles. The second-order valence-electron chi connectivity index (χ2n) is 2.05. The van der Waals surface area contributed by atoms with Gasteiger partial charge < -0.3 is 9.08 Å². The van der Waals surface area contributed by atoms with E-state index in [1.54, 1.807) is 6.07 Å². The Morgan fingerprint density at radius 2 is 2.00 bits per heavy atom. The summed E-state index contributed by atoms with van der Waals surface area (Å²) < 4.78 is 36.1. The van der Waals surface area contributed by atoms with E-state index >= 15 is 0 Å². The molecule has 13 heavy (non-hydrogen) atoms. The topological polar surface area (TPSA) is 66.4 Å². The number of benzene rings is 1. The summed E-state index contributed by atoms with van der Waals surface area (Å²) >= 11 is 0. The van der Waals surface area contributed by atoms with E-state index in [2.05, 4.69) is 4.52 Å². The van der Waals surface area contributed by atoms with Crippen LogP contribution in [0.25, 0.3) is 0 Å². The molecule has 0 bridgehead atoms. The summed E-state index contributed by atoms with van der Waals surface area (Å²) in [7, 11) is -2.41. The van der Waals surface area contributed by atoms with Crippen LogP contribution >= 0.6 is 9.47 Å². The fourth-order valence-electron chi connectivity index (χ4n) is 0.703. The Morgan fingerprint density at radius 3 is 2.46 bits per heavy atom. The molecule has 0 spiro atoms. The van der Waals surface area contributed by atoms with Crippen LogP contribution in [0.4, 0.5) is 0 Å². The second-order valence-corrected chi connectivity index (χ2v) is 3.66. The van der Waals surface area contributed by atoms with Crippen molar-refractivity contribution in [3.63, 3.8) is 0 Å². The van der Waals surface area contributed by atoms with Gasteiger partial charge in [0.15, 0.2) is 0 Å². The van der Waals surface area contributed by atoms with Gasteiger partial charge in [0.1, 0.15) is 15.9 Å². The maximum Gasteiger partial charge on any atom is 1.00 e. The Kier molecular flexibility index (Phi) is 5.44. The van der Waals surface area contributed by atoms with Gasteiger partial charge in [0.2, 0.25) is 0 Å². The van der Waals surface area contributed by atoms with Gasteiger partial charge >= 0.3 is 29.6 Å². The second kappa shape index (κ2) is 5.29. The summed E-state index contributed by atoms with van der Waals surface area (Å²) in [6, 6.07) is 5.36. The van der Waals surface area contributed by atoms with Crippen LogP contribution in [0.3, 0.4) is 0 Å². The minimum Gasteiger partial charge on any atom is -0.744 e. The molecule has 4 nitrogen and oxygen atoms in total. The molecule has 0 heterocycles. The molecule has 66 valence electrons. The van der Waals surface area contributed by atoms with E-state index in [1.165, 1.54) is 12.1 Å². The van der Waals surface area contributed by atoms with E-state index in [0.29, 0.717) is 5.75 Å². The van der Waals surface area contributed by atoms with Gasteiger partial charge in [0.25, 0.3) is 0 Å². The molecule has 0 fully saturated rings. The summed E-state index contributed by atoms with van der Waals surface area (Å²) in [5.74, 6) is 0.317. The van der Waals surface area contributed by atoms with Crippen LogP contribution < -0.4 is 34.1 Å². The third-order valence-corrected chi connectivity index (χ3v) is 2.33. The maximum absolute atomic E-state index is 10.5. The van der Waals surface area contributed by atoms with Gasteiger partial charge in [-0.05, 0) is 18.2 Å². The van der Waals surface area contributed by atoms with Gasteiger partial charge in [-0.2, -0.15) is 0 Å². The van der Waals surface area contributed by atoms with E-state index in [-0.39, 0.29) is 34.5 Å². The van der Waals surface area contributed by atoms with Crippen LogP contribution in [0.5, 0.6) is 5.75 Å². The molecule has 1 rings (SSSR count). The van der Waals surface area contributed by atoms with Crippen LogP contribution in [0.15, 0.2) is 29.2 Å². The van der Waals surface area contributed by atoms with E-state index in [1.807, 2.05) is 9.47 Å². The van der Waals surface area contributed by atoms with Gasteiger partial charge in [0.05, 0.1) is 14.4 Å².